The average molecular weight is 228 g/mol. The summed E-state index contributed by atoms with van der Waals surface area (Å²) in [6.07, 6.45) is 5.62. The number of hydrogen-bond acceptors (Lipinski definition) is 2. The topological polar surface area (TPSA) is 15.3 Å². The van der Waals surface area contributed by atoms with E-state index in [1.807, 2.05) is 0 Å². The standard InChI is InChI=1S/C15H20N2/c1-2-4-11(5-3-1)10-17-14-8-6-12-15(17)9-7-13(14)16-12/h1-5,12-16H,6-10H2/t12-,13?,14?,15-/m1/s1. The minimum Gasteiger partial charge on any atom is -0.308 e. The van der Waals surface area contributed by atoms with Gasteiger partial charge in [-0.2, -0.15) is 0 Å². The summed E-state index contributed by atoms with van der Waals surface area (Å²) in [4.78, 5) is 2.79. The predicted octanol–water partition coefficient (Wildman–Crippen LogP) is 2.15. The van der Waals surface area contributed by atoms with Crippen molar-refractivity contribution in [2.24, 2.45) is 0 Å². The summed E-state index contributed by atoms with van der Waals surface area (Å²) >= 11 is 0. The summed E-state index contributed by atoms with van der Waals surface area (Å²) in [6, 6.07) is 14.1. The number of nitrogens with zero attached hydrogens (tertiary/aromatic N) is 1. The van der Waals surface area contributed by atoms with Gasteiger partial charge in [0.2, 0.25) is 0 Å². The monoisotopic (exact) mass is 228 g/mol. The van der Waals surface area contributed by atoms with Crippen molar-refractivity contribution in [3.8, 4) is 0 Å². The van der Waals surface area contributed by atoms with Gasteiger partial charge in [-0.15, -0.1) is 0 Å². The molecule has 0 radical (unpaired) electrons. The Morgan fingerprint density at radius 1 is 0.941 bits per heavy atom. The number of hydrogen-bond donors (Lipinski definition) is 1. The Kier molecular flexibility index (Phi) is 2.27. The maximum Gasteiger partial charge on any atom is 0.0257 e. The third-order valence-electron chi connectivity index (χ3n) is 4.96. The SMILES string of the molecule is c1ccc(CN2C3CC[C@H]4NC3CC[C@H]42)cc1. The van der Waals surface area contributed by atoms with Crippen molar-refractivity contribution in [1.82, 2.24) is 10.2 Å². The molecule has 1 N–H and O–H groups in total. The molecular weight excluding hydrogens is 208 g/mol. The van der Waals surface area contributed by atoms with Gasteiger partial charge in [0.15, 0.2) is 0 Å². The van der Waals surface area contributed by atoms with E-state index in [1.165, 1.54) is 31.2 Å². The first-order valence-corrected chi connectivity index (χ1v) is 6.97. The maximum absolute atomic E-state index is 3.83. The van der Waals surface area contributed by atoms with Gasteiger partial charge in [0.25, 0.3) is 0 Å². The molecule has 90 valence electrons. The van der Waals surface area contributed by atoms with E-state index in [0.717, 1.165) is 30.7 Å². The van der Waals surface area contributed by atoms with E-state index in [9.17, 15) is 0 Å². The molecule has 5 saturated heterocycles. The van der Waals surface area contributed by atoms with E-state index < -0.39 is 0 Å². The number of piperidine rings is 4. The van der Waals surface area contributed by atoms with Gasteiger partial charge in [-0.1, -0.05) is 30.3 Å². The molecule has 5 aliphatic heterocycles. The minimum absolute atomic E-state index is 0.780. The van der Waals surface area contributed by atoms with E-state index in [0.29, 0.717) is 0 Å². The molecule has 0 aromatic heterocycles. The zero-order valence-corrected chi connectivity index (χ0v) is 10.2. The van der Waals surface area contributed by atoms with Crippen LogP contribution in [0.5, 0.6) is 0 Å². The molecule has 2 heteroatoms. The summed E-state index contributed by atoms with van der Waals surface area (Å²) < 4.78 is 0. The highest BCUT2D eigenvalue weighted by molar-refractivity contribution is 5.17. The Balaban J connectivity index is 1.59. The van der Waals surface area contributed by atoms with Crippen molar-refractivity contribution in [1.29, 1.82) is 0 Å². The molecule has 5 heterocycles. The Morgan fingerprint density at radius 2 is 1.59 bits per heavy atom. The summed E-state index contributed by atoms with van der Waals surface area (Å²) in [5, 5.41) is 3.83. The van der Waals surface area contributed by atoms with E-state index in [-0.39, 0.29) is 0 Å². The van der Waals surface area contributed by atoms with Crippen LogP contribution in [-0.4, -0.2) is 29.1 Å². The first-order valence-electron chi connectivity index (χ1n) is 6.97. The second-order valence-corrected chi connectivity index (χ2v) is 5.83. The highest BCUT2D eigenvalue weighted by Crippen LogP contribution is 2.40. The molecule has 5 aliphatic rings. The molecule has 2 unspecified atom stereocenters. The van der Waals surface area contributed by atoms with Crippen LogP contribution in [0, 0.1) is 0 Å². The van der Waals surface area contributed by atoms with Crippen molar-refractivity contribution in [3.63, 3.8) is 0 Å². The van der Waals surface area contributed by atoms with Gasteiger partial charge in [0, 0.05) is 30.7 Å². The first-order chi connectivity index (χ1) is 8.42. The average Bonchev–Trinajstić information content (AvgIpc) is 2.40. The highest BCUT2D eigenvalue weighted by atomic mass is 15.3. The van der Waals surface area contributed by atoms with Crippen LogP contribution in [0.25, 0.3) is 0 Å². The first kappa shape index (κ1) is 10.1. The molecule has 0 spiro atoms. The molecule has 17 heavy (non-hydrogen) atoms. The van der Waals surface area contributed by atoms with Crippen LogP contribution in [0.15, 0.2) is 30.3 Å². The smallest absolute Gasteiger partial charge is 0.0257 e. The summed E-state index contributed by atoms with van der Waals surface area (Å²) in [5.41, 5.74) is 1.48. The van der Waals surface area contributed by atoms with Crippen LogP contribution in [-0.2, 0) is 6.54 Å². The Morgan fingerprint density at radius 3 is 2.24 bits per heavy atom. The largest absolute Gasteiger partial charge is 0.308 e. The number of benzene rings is 1. The Bertz CT molecular complexity index is 385. The molecular formula is C15H20N2. The lowest BCUT2D eigenvalue weighted by atomic mass is 9.73. The number of piperazine rings is 1. The lowest BCUT2D eigenvalue weighted by Gasteiger charge is -2.60. The molecule has 0 amide bonds. The fourth-order valence-electron chi connectivity index (χ4n) is 4.22. The fraction of sp³-hybridized carbons (Fsp3) is 0.600. The molecule has 4 bridgehead atoms. The van der Waals surface area contributed by atoms with Crippen LogP contribution in [0.2, 0.25) is 0 Å². The van der Waals surface area contributed by atoms with Crippen molar-refractivity contribution in [3.05, 3.63) is 35.9 Å². The molecule has 5 fully saturated rings. The molecule has 2 nitrogen and oxygen atoms in total. The van der Waals surface area contributed by atoms with E-state index in [1.54, 1.807) is 0 Å². The van der Waals surface area contributed by atoms with Crippen molar-refractivity contribution < 1.29 is 0 Å². The summed E-state index contributed by atoms with van der Waals surface area (Å²) in [5.74, 6) is 0. The second kappa shape index (κ2) is 3.82. The van der Waals surface area contributed by atoms with Crippen LogP contribution in [0.1, 0.15) is 31.2 Å². The van der Waals surface area contributed by atoms with E-state index in [4.69, 9.17) is 0 Å². The minimum atomic E-state index is 0.780. The summed E-state index contributed by atoms with van der Waals surface area (Å²) in [6.45, 7) is 1.16. The predicted molar refractivity (Wildman–Crippen MR) is 68.7 cm³/mol. The zero-order chi connectivity index (χ0) is 11.2. The van der Waals surface area contributed by atoms with Crippen LogP contribution in [0.4, 0.5) is 0 Å². The Labute approximate surface area is 103 Å². The van der Waals surface area contributed by atoms with Gasteiger partial charge >= 0.3 is 0 Å². The highest BCUT2D eigenvalue weighted by Gasteiger charge is 2.49. The van der Waals surface area contributed by atoms with Gasteiger partial charge in [0.1, 0.15) is 0 Å². The van der Waals surface area contributed by atoms with Crippen LogP contribution in [0.3, 0.4) is 0 Å². The molecule has 6 rings (SSSR count). The maximum atomic E-state index is 3.83. The van der Waals surface area contributed by atoms with E-state index in [2.05, 4.69) is 40.5 Å². The quantitative estimate of drug-likeness (QED) is 0.834. The van der Waals surface area contributed by atoms with Crippen molar-refractivity contribution >= 4 is 0 Å². The second-order valence-electron chi connectivity index (χ2n) is 5.83. The van der Waals surface area contributed by atoms with Gasteiger partial charge in [-0.25, -0.2) is 0 Å². The molecule has 1 aromatic carbocycles. The van der Waals surface area contributed by atoms with Gasteiger partial charge in [0.05, 0.1) is 0 Å². The van der Waals surface area contributed by atoms with Crippen LogP contribution < -0.4 is 5.32 Å². The number of nitrogens with one attached hydrogen (secondary N) is 1. The number of rotatable bonds is 2. The Hall–Kier alpha value is -0.860. The normalized spacial score (nSPS) is 39.8. The zero-order valence-electron chi connectivity index (χ0n) is 10.2. The van der Waals surface area contributed by atoms with Crippen molar-refractivity contribution in [2.75, 3.05) is 0 Å². The third kappa shape index (κ3) is 1.54. The summed E-state index contributed by atoms with van der Waals surface area (Å²) in [7, 11) is 0. The lowest BCUT2D eigenvalue weighted by Crippen LogP contribution is -2.73. The molecule has 4 atom stereocenters. The van der Waals surface area contributed by atoms with Gasteiger partial charge < -0.3 is 5.32 Å². The van der Waals surface area contributed by atoms with Gasteiger partial charge in [-0.05, 0) is 31.2 Å². The fourth-order valence-corrected chi connectivity index (χ4v) is 4.22. The molecule has 0 aliphatic carbocycles. The van der Waals surface area contributed by atoms with Gasteiger partial charge in [-0.3, -0.25) is 4.90 Å². The molecule has 1 aromatic rings. The van der Waals surface area contributed by atoms with Crippen LogP contribution >= 0.6 is 0 Å². The third-order valence-corrected chi connectivity index (χ3v) is 4.96. The lowest BCUT2D eigenvalue weighted by molar-refractivity contribution is -0.0631. The van der Waals surface area contributed by atoms with E-state index >= 15 is 0 Å². The molecule has 0 saturated carbocycles. The van der Waals surface area contributed by atoms with Crippen molar-refractivity contribution in [2.45, 2.75) is 56.4 Å². The number of fused-ring (bicyclic) bond motifs is 2.